The Labute approximate surface area is 647 Å². The summed E-state index contributed by atoms with van der Waals surface area (Å²) in [5.74, 6) is 4.88. The minimum absolute atomic E-state index is 0.813. The summed E-state index contributed by atoms with van der Waals surface area (Å²) >= 11 is 0. The van der Waals surface area contributed by atoms with Crippen LogP contribution >= 0.6 is 0 Å². The smallest absolute Gasteiger partial charge is 0.119 e. The second-order valence-corrected chi connectivity index (χ2v) is 26.4. The first kappa shape index (κ1) is 74.3. The van der Waals surface area contributed by atoms with Gasteiger partial charge in [-0.05, 0) is 261 Å². The SMILES string of the molecule is COc1cccc(/C=C/c2cc(/C=C/c3ccc(C(=C(c4ccc(/C=C/c5cc(/C=C/c6cccc(OC)c6)cc(/C=C/c6cccc(OC)c6)c5)cc4)c4ccc(/C=C/c5cc(/C=C/c6cccc(OC)c6)cc(/C=C/c6cccc(OC)c6)c5)cc4)c4ccccc4)cc3)cc(/C=C/c3cccc(OC)c3)c2)c1. The van der Waals surface area contributed by atoms with Crippen LogP contribution < -0.4 is 28.4 Å². The monoisotopic (exact) mass is 1430 g/mol. The largest absolute Gasteiger partial charge is 0.497 e. The predicted molar refractivity (Wildman–Crippen MR) is 468 cm³/mol. The molecule has 13 aromatic rings. The normalized spacial score (nSPS) is 11.8. The predicted octanol–water partition coefficient (Wildman–Crippen LogP) is 26.3. The lowest BCUT2D eigenvalue weighted by Gasteiger charge is -2.19. The summed E-state index contributed by atoms with van der Waals surface area (Å²) in [6.45, 7) is 0. The maximum atomic E-state index is 5.55. The van der Waals surface area contributed by atoms with E-state index in [1.165, 1.54) is 0 Å². The minimum Gasteiger partial charge on any atom is -0.497 e. The Morgan fingerprint density at radius 2 is 0.309 bits per heavy atom. The first-order valence-corrected chi connectivity index (χ1v) is 36.6. The van der Waals surface area contributed by atoms with Crippen molar-refractivity contribution in [2.24, 2.45) is 0 Å². The Hall–Kier alpha value is -13.9. The molecule has 0 aliphatic rings. The lowest BCUT2D eigenvalue weighted by Crippen LogP contribution is -1.98. The third-order valence-electron chi connectivity index (χ3n) is 18.7. The van der Waals surface area contributed by atoms with Crippen LogP contribution in [0.5, 0.6) is 34.5 Å². The van der Waals surface area contributed by atoms with Gasteiger partial charge in [0.15, 0.2) is 0 Å². The van der Waals surface area contributed by atoms with Gasteiger partial charge >= 0.3 is 0 Å². The highest BCUT2D eigenvalue weighted by atomic mass is 16.5. The van der Waals surface area contributed by atoms with Gasteiger partial charge < -0.3 is 28.4 Å². The van der Waals surface area contributed by atoms with Gasteiger partial charge in [-0.15, -0.1) is 0 Å². The highest BCUT2D eigenvalue weighted by molar-refractivity contribution is 6.05. The Kier molecular flexibility index (Phi) is 25.2. The number of benzene rings is 13. The zero-order valence-electron chi connectivity index (χ0n) is 62.7. The number of methoxy groups -OCH3 is 6. The first-order valence-electron chi connectivity index (χ1n) is 36.6. The molecule has 0 saturated carbocycles. The lowest BCUT2D eigenvalue weighted by molar-refractivity contribution is 0.414. The Morgan fingerprint density at radius 1 is 0.145 bits per heavy atom. The topological polar surface area (TPSA) is 55.4 Å². The third kappa shape index (κ3) is 21.0. The van der Waals surface area contributed by atoms with E-state index in [-0.39, 0.29) is 0 Å². The third-order valence-corrected chi connectivity index (χ3v) is 18.7. The summed E-state index contributed by atoms with van der Waals surface area (Å²) < 4.78 is 33.3. The van der Waals surface area contributed by atoms with Gasteiger partial charge in [-0.2, -0.15) is 0 Å². The van der Waals surface area contributed by atoms with Gasteiger partial charge in [0.05, 0.1) is 42.7 Å². The van der Waals surface area contributed by atoms with Crippen molar-refractivity contribution in [3.05, 3.63) is 426 Å². The molecule has 6 heteroatoms. The standard InChI is InChI=1S/C104H86O6/c1-105-97-24-10-16-78(69-97)33-42-87-60-84(61-88(66-87)43-34-79-17-11-25-98(70-79)106-2)39-30-75-48-54-94(55-49-75)103(93-22-8-7-9-23-93)104(95-56-50-76(51-57-95)31-40-85-62-89(44-35-80-18-12-26-99(71-80)107-3)67-90(63-85)45-36-81-19-13-27-100(72-81)108-4)96-58-52-77(53-59-96)32-41-86-64-91(46-37-82-20-14-28-101(73-82)109-5)68-92(65-86)47-38-83-21-15-29-102(74-83)110-6/h7-74H,1-6H3/b39-30+,40-31+,41-32+,42-33+,43-34+,44-35+,45-36+,46-37+,47-38+. The van der Waals surface area contributed by atoms with Gasteiger partial charge in [0.25, 0.3) is 0 Å². The molecule has 0 spiro atoms. The Morgan fingerprint density at radius 3 is 0.491 bits per heavy atom. The van der Waals surface area contributed by atoms with E-state index in [0.29, 0.717) is 0 Å². The fourth-order valence-corrected chi connectivity index (χ4v) is 13.0. The molecule has 0 N–H and O–H groups in total. The van der Waals surface area contributed by atoms with Crippen LogP contribution in [-0.4, -0.2) is 42.7 Å². The van der Waals surface area contributed by atoms with Crippen LogP contribution in [0.1, 0.15) is 122 Å². The van der Waals surface area contributed by atoms with Gasteiger partial charge in [0.2, 0.25) is 0 Å². The molecular formula is C104H86O6. The van der Waals surface area contributed by atoms with Crippen molar-refractivity contribution in [2.45, 2.75) is 0 Å². The highest BCUT2D eigenvalue weighted by Crippen LogP contribution is 2.38. The average Bonchev–Trinajstić information content (AvgIpc) is 0.779. The summed E-state index contributed by atoms with van der Waals surface area (Å²) in [6, 6.07) is 106. The van der Waals surface area contributed by atoms with E-state index in [0.717, 1.165) is 168 Å². The minimum atomic E-state index is 0.813. The molecule has 13 aromatic carbocycles. The van der Waals surface area contributed by atoms with Crippen LogP contribution in [0.15, 0.2) is 303 Å². The number of rotatable bonds is 28. The summed E-state index contributed by atoms with van der Waals surface area (Å²) in [7, 11) is 10.2. The molecular weight excluding hydrogens is 1350 g/mol. The molecule has 0 atom stereocenters. The number of hydrogen-bond donors (Lipinski definition) is 0. The molecule has 0 aromatic heterocycles. The van der Waals surface area contributed by atoms with Crippen molar-refractivity contribution in [3.63, 3.8) is 0 Å². The summed E-state index contributed by atoms with van der Waals surface area (Å²) in [5.41, 5.74) is 25.7. The Bertz CT molecular complexity index is 5200. The van der Waals surface area contributed by atoms with Gasteiger partial charge in [0.1, 0.15) is 34.5 Å². The molecule has 6 nitrogen and oxygen atoms in total. The molecule has 0 aliphatic heterocycles. The quantitative estimate of drug-likeness (QED) is 0.0456. The second kappa shape index (κ2) is 37.3. The molecule has 13 rings (SSSR count). The number of hydrogen-bond acceptors (Lipinski definition) is 6. The maximum absolute atomic E-state index is 5.55. The first-order chi connectivity index (χ1) is 54.1. The van der Waals surface area contributed by atoms with Crippen LogP contribution in [0, 0.1) is 0 Å². The number of ether oxygens (including phenoxy) is 6. The van der Waals surface area contributed by atoms with E-state index in [1.54, 1.807) is 42.7 Å². The zero-order chi connectivity index (χ0) is 75.6. The summed E-state index contributed by atoms with van der Waals surface area (Å²) in [6.07, 6.45) is 38.9. The molecule has 0 amide bonds. The molecule has 0 aliphatic carbocycles. The molecule has 538 valence electrons. The van der Waals surface area contributed by atoms with E-state index in [4.69, 9.17) is 28.4 Å². The highest BCUT2D eigenvalue weighted by Gasteiger charge is 2.17. The molecule has 110 heavy (non-hydrogen) atoms. The van der Waals surface area contributed by atoms with Crippen molar-refractivity contribution in [2.75, 3.05) is 42.7 Å². The van der Waals surface area contributed by atoms with Crippen molar-refractivity contribution < 1.29 is 28.4 Å². The van der Waals surface area contributed by atoms with E-state index in [2.05, 4.69) is 303 Å². The van der Waals surface area contributed by atoms with Gasteiger partial charge in [-0.3, -0.25) is 0 Å². The second-order valence-electron chi connectivity index (χ2n) is 26.4. The maximum Gasteiger partial charge on any atom is 0.119 e. The van der Waals surface area contributed by atoms with E-state index in [9.17, 15) is 0 Å². The van der Waals surface area contributed by atoms with Crippen molar-refractivity contribution >= 4 is 121 Å². The molecule has 0 bridgehead atoms. The van der Waals surface area contributed by atoms with Crippen LogP contribution in [0.2, 0.25) is 0 Å². The van der Waals surface area contributed by atoms with Crippen molar-refractivity contribution in [1.29, 1.82) is 0 Å². The lowest BCUT2D eigenvalue weighted by atomic mass is 9.85. The fraction of sp³-hybridized carbons (Fsp3) is 0.0577. The fourth-order valence-electron chi connectivity index (χ4n) is 13.0. The van der Waals surface area contributed by atoms with Crippen molar-refractivity contribution in [1.82, 2.24) is 0 Å². The summed E-state index contributed by atoms with van der Waals surface area (Å²) in [4.78, 5) is 0. The van der Waals surface area contributed by atoms with Crippen LogP contribution in [-0.2, 0) is 0 Å². The Balaban J connectivity index is 0.866. The van der Waals surface area contributed by atoms with Crippen LogP contribution in [0.3, 0.4) is 0 Å². The summed E-state index contributed by atoms with van der Waals surface area (Å²) in [5, 5.41) is 0. The van der Waals surface area contributed by atoms with E-state index >= 15 is 0 Å². The molecule has 0 fully saturated rings. The molecule has 0 heterocycles. The molecule has 0 unspecified atom stereocenters. The van der Waals surface area contributed by atoms with Gasteiger partial charge in [-0.1, -0.05) is 285 Å². The van der Waals surface area contributed by atoms with Crippen molar-refractivity contribution in [3.8, 4) is 34.5 Å². The van der Waals surface area contributed by atoms with Gasteiger partial charge in [0, 0.05) is 0 Å². The molecule has 0 saturated heterocycles. The van der Waals surface area contributed by atoms with Crippen LogP contribution in [0.25, 0.3) is 121 Å². The van der Waals surface area contributed by atoms with Gasteiger partial charge in [-0.25, -0.2) is 0 Å². The zero-order valence-corrected chi connectivity index (χ0v) is 62.7. The van der Waals surface area contributed by atoms with E-state index in [1.807, 2.05) is 109 Å². The van der Waals surface area contributed by atoms with Crippen LogP contribution in [0.4, 0.5) is 0 Å². The average molecular weight is 1430 g/mol. The van der Waals surface area contributed by atoms with E-state index < -0.39 is 0 Å². The molecule has 0 radical (unpaired) electrons.